The molecule has 0 aliphatic rings. The largest absolute Gasteiger partial charge is 0.467 e. The Hall–Kier alpha value is -2.77. The number of benzene rings is 1. The van der Waals surface area contributed by atoms with Crippen LogP contribution in [0.5, 0.6) is 0 Å². The lowest BCUT2D eigenvalue weighted by Gasteiger charge is -2.22. The average molecular weight is 394 g/mol. The van der Waals surface area contributed by atoms with Crippen LogP contribution in [0.4, 0.5) is 15.3 Å². The molecule has 0 aromatic heterocycles. The molecular formula is C20H30N2O6. The van der Waals surface area contributed by atoms with E-state index in [0.29, 0.717) is 5.69 Å². The van der Waals surface area contributed by atoms with Gasteiger partial charge >= 0.3 is 18.2 Å². The third-order valence-electron chi connectivity index (χ3n) is 3.22. The van der Waals surface area contributed by atoms with Crippen molar-refractivity contribution < 1.29 is 28.6 Å². The highest BCUT2D eigenvalue weighted by molar-refractivity contribution is 5.85. The molecule has 1 aromatic carbocycles. The standard InChI is InChI=1S/C20H30N2O6/c1-19(2,3)27-17(24)21-14-10-8-13(9-11-14)12-15(16(23)26-7)22-18(25)28-20(4,5)6/h8-11,15H,12H2,1-7H3,(H,21,24)(H,22,25). The molecule has 0 bridgehead atoms. The van der Waals surface area contributed by atoms with E-state index < -0.39 is 35.4 Å². The summed E-state index contributed by atoms with van der Waals surface area (Å²) in [4.78, 5) is 35.8. The minimum absolute atomic E-state index is 0.207. The van der Waals surface area contributed by atoms with Crippen LogP contribution in [0, 0.1) is 0 Å². The Balaban J connectivity index is 2.75. The van der Waals surface area contributed by atoms with E-state index in [1.807, 2.05) is 0 Å². The van der Waals surface area contributed by atoms with Gasteiger partial charge in [-0.05, 0) is 59.2 Å². The predicted octanol–water partition coefficient (Wildman–Crippen LogP) is 3.64. The van der Waals surface area contributed by atoms with Gasteiger partial charge in [0, 0.05) is 12.1 Å². The summed E-state index contributed by atoms with van der Waals surface area (Å²) in [6, 6.07) is 5.94. The Bertz CT molecular complexity index is 686. The molecule has 8 heteroatoms. The lowest BCUT2D eigenvalue weighted by atomic mass is 10.1. The van der Waals surface area contributed by atoms with Crippen molar-refractivity contribution in [1.29, 1.82) is 0 Å². The molecule has 0 saturated carbocycles. The summed E-state index contributed by atoms with van der Waals surface area (Å²) in [7, 11) is 1.25. The van der Waals surface area contributed by atoms with E-state index >= 15 is 0 Å². The Kier molecular flexibility index (Phi) is 7.84. The highest BCUT2D eigenvalue weighted by Crippen LogP contribution is 2.15. The zero-order chi connectivity index (χ0) is 21.5. The molecule has 1 unspecified atom stereocenters. The lowest BCUT2D eigenvalue weighted by molar-refractivity contribution is -0.143. The Morgan fingerprint density at radius 1 is 0.893 bits per heavy atom. The first-order valence-electron chi connectivity index (χ1n) is 8.95. The van der Waals surface area contributed by atoms with Gasteiger partial charge in [0.05, 0.1) is 7.11 Å². The van der Waals surface area contributed by atoms with Crippen molar-refractivity contribution >= 4 is 23.8 Å². The molecule has 0 aliphatic heterocycles. The molecule has 1 atom stereocenters. The number of alkyl carbamates (subject to hydrolysis) is 1. The molecule has 2 amide bonds. The van der Waals surface area contributed by atoms with Crippen LogP contribution in [0.25, 0.3) is 0 Å². The van der Waals surface area contributed by atoms with Gasteiger partial charge in [0.2, 0.25) is 0 Å². The maximum absolute atomic E-state index is 12.0. The van der Waals surface area contributed by atoms with E-state index in [4.69, 9.17) is 14.2 Å². The van der Waals surface area contributed by atoms with Crippen LogP contribution >= 0.6 is 0 Å². The van der Waals surface area contributed by atoms with E-state index in [-0.39, 0.29) is 6.42 Å². The number of carbonyl (C=O) groups is 3. The fraction of sp³-hybridized carbons (Fsp3) is 0.550. The van der Waals surface area contributed by atoms with Gasteiger partial charge in [-0.1, -0.05) is 12.1 Å². The molecule has 1 aromatic rings. The molecular weight excluding hydrogens is 364 g/mol. The van der Waals surface area contributed by atoms with Crippen LogP contribution in [0.1, 0.15) is 47.1 Å². The number of anilines is 1. The van der Waals surface area contributed by atoms with Gasteiger partial charge in [-0.3, -0.25) is 5.32 Å². The van der Waals surface area contributed by atoms with E-state index in [1.54, 1.807) is 65.8 Å². The van der Waals surface area contributed by atoms with Crippen LogP contribution in [0.2, 0.25) is 0 Å². The normalized spacial score (nSPS) is 12.5. The van der Waals surface area contributed by atoms with E-state index in [0.717, 1.165) is 5.56 Å². The van der Waals surface area contributed by atoms with Gasteiger partial charge < -0.3 is 19.5 Å². The van der Waals surface area contributed by atoms with Gasteiger partial charge in [-0.2, -0.15) is 0 Å². The van der Waals surface area contributed by atoms with Crippen molar-refractivity contribution in [3.8, 4) is 0 Å². The second kappa shape index (κ2) is 9.43. The zero-order valence-corrected chi connectivity index (χ0v) is 17.5. The number of nitrogens with one attached hydrogen (secondary N) is 2. The summed E-state index contributed by atoms with van der Waals surface area (Å²) >= 11 is 0. The lowest BCUT2D eigenvalue weighted by Crippen LogP contribution is -2.45. The minimum atomic E-state index is -0.899. The number of hydrogen-bond donors (Lipinski definition) is 2. The molecule has 156 valence electrons. The first-order valence-corrected chi connectivity index (χ1v) is 8.95. The van der Waals surface area contributed by atoms with Crippen molar-refractivity contribution in [1.82, 2.24) is 5.32 Å². The molecule has 2 N–H and O–H groups in total. The number of ether oxygens (including phenoxy) is 3. The first-order chi connectivity index (χ1) is 12.8. The number of hydrogen-bond acceptors (Lipinski definition) is 6. The Morgan fingerprint density at radius 2 is 1.39 bits per heavy atom. The summed E-state index contributed by atoms with van der Waals surface area (Å²) in [5.74, 6) is -0.582. The van der Waals surface area contributed by atoms with Gasteiger partial charge in [-0.15, -0.1) is 0 Å². The second-order valence-electron chi connectivity index (χ2n) is 8.25. The maximum Gasteiger partial charge on any atom is 0.412 e. The van der Waals surface area contributed by atoms with Crippen LogP contribution in [-0.4, -0.2) is 42.5 Å². The SMILES string of the molecule is COC(=O)C(Cc1ccc(NC(=O)OC(C)(C)C)cc1)NC(=O)OC(C)(C)C. The van der Waals surface area contributed by atoms with Gasteiger partial charge in [0.1, 0.15) is 17.2 Å². The van der Waals surface area contributed by atoms with E-state index in [2.05, 4.69) is 10.6 Å². The molecule has 0 saturated heterocycles. The summed E-state index contributed by atoms with van der Waals surface area (Å²) in [5.41, 5.74) is 0.0408. The number of methoxy groups -OCH3 is 1. The van der Waals surface area contributed by atoms with Gasteiger partial charge in [0.15, 0.2) is 0 Å². The first kappa shape index (κ1) is 23.3. The molecule has 8 nitrogen and oxygen atoms in total. The summed E-state index contributed by atoms with van der Waals surface area (Å²) in [6.07, 6.45) is -1.05. The highest BCUT2D eigenvalue weighted by Gasteiger charge is 2.25. The van der Waals surface area contributed by atoms with Gasteiger partial charge in [-0.25, -0.2) is 14.4 Å². The predicted molar refractivity (Wildman–Crippen MR) is 105 cm³/mol. The zero-order valence-electron chi connectivity index (χ0n) is 17.5. The molecule has 28 heavy (non-hydrogen) atoms. The fourth-order valence-electron chi connectivity index (χ4n) is 2.17. The molecule has 1 rings (SSSR count). The third kappa shape index (κ3) is 9.25. The Labute approximate surface area is 165 Å². The monoisotopic (exact) mass is 394 g/mol. The molecule has 0 fully saturated rings. The van der Waals surface area contributed by atoms with Crippen molar-refractivity contribution in [2.75, 3.05) is 12.4 Å². The fourth-order valence-corrected chi connectivity index (χ4v) is 2.17. The van der Waals surface area contributed by atoms with E-state index in [9.17, 15) is 14.4 Å². The van der Waals surface area contributed by atoms with Crippen LogP contribution < -0.4 is 10.6 Å². The maximum atomic E-state index is 12.0. The number of rotatable bonds is 5. The van der Waals surface area contributed by atoms with Crippen molar-refractivity contribution in [2.45, 2.75) is 65.2 Å². The minimum Gasteiger partial charge on any atom is -0.467 e. The van der Waals surface area contributed by atoms with Crippen LogP contribution in [0.15, 0.2) is 24.3 Å². The third-order valence-corrected chi connectivity index (χ3v) is 3.22. The number of esters is 1. The van der Waals surface area contributed by atoms with Gasteiger partial charge in [0.25, 0.3) is 0 Å². The molecule has 0 radical (unpaired) electrons. The summed E-state index contributed by atoms with van der Waals surface area (Å²) < 4.78 is 15.1. The van der Waals surface area contributed by atoms with Crippen molar-refractivity contribution in [3.63, 3.8) is 0 Å². The van der Waals surface area contributed by atoms with Crippen LogP contribution in [-0.2, 0) is 25.4 Å². The number of carbonyl (C=O) groups excluding carboxylic acids is 3. The smallest absolute Gasteiger partial charge is 0.412 e. The van der Waals surface area contributed by atoms with Crippen molar-refractivity contribution in [2.24, 2.45) is 0 Å². The molecule has 0 spiro atoms. The molecule has 0 aliphatic carbocycles. The second-order valence-corrected chi connectivity index (χ2v) is 8.25. The van der Waals surface area contributed by atoms with Crippen molar-refractivity contribution in [3.05, 3.63) is 29.8 Å². The summed E-state index contributed by atoms with van der Waals surface area (Å²) in [6.45, 7) is 10.5. The summed E-state index contributed by atoms with van der Waals surface area (Å²) in [5, 5.41) is 5.15. The average Bonchev–Trinajstić information content (AvgIpc) is 2.51. The topological polar surface area (TPSA) is 103 Å². The van der Waals surface area contributed by atoms with E-state index in [1.165, 1.54) is 7.11 Å². The van der Waals surface area contributed by atoms with Crippen LogP contribution in [0.3, 0.4) is 0 Å². The molecule has 0 heterocycles. The number of amides is 2. The highest BCUT2D eigenvalue weighted by atomic mass is 16.6. The quantitative estimate of drug-likeness (QED) is 0.584. The Morgan fingerprint density at radius 3 is 1.86 bits per heavy atom.